The smallest absolute Gasteiger partial charge is 0.401 e. The normalized spacial score (nSPS) is 18.2. The number of hydrogen-bond acceptors (Lipinski definition) is 8. The lowest BCUT2D eigenvalue weighted by molar-refractivity contribution is -0.402. The van der Waals surface area contributed by atoms with Crippen LogP contribution in [0.3, 0.4) is 0 Å². The van der Waals surface area contributed by atoms with E-state index in [0.717, 1.165) is 16.7 Å². The minimum atomic E-state index is -0.695. The number of carbonyl (C=O) groups excluding carboxylic acids is 3. The summed E-state index contributed by atoms with van der Waals surface area (Å²) in [6.07, 6.45) is 1.26. The lowest BCUT2D eigenvalue weighted by Crippen LogP contribution is -2.51. The first-order chi connectivity index (χ1) is 14.9. The molecule has 4 rings (SSSR count). The second kappa shape index (κ2) is 8.64. The van der Waals surface area contributed by atoms with E-state index < -0.39 is 22.0 Å². The van der Waals surface area contributed by atoms with Gasteiger partial charge < -0.3 is 14.2 Å². The van der Waals surface area contributed by atoms with Crippen molar-refractivity contribution < 1.29 is 23.7 Å². The SMILES string of the molecule is O=C(CN1C(=O)S/C(=C/c2ccc([N+](=O)[O-])o2)C1=O)N1CCN(c2ccccc2)CC1. The fourth-order valence-corrected chi connectivity index (χ4v) is 4.19. The molecule has 2 saturated heterocycles. The topological polar surface area (TPSA) is 117 Å². The van der Waals surface area contributed by atoms with Crippen molar-refractivity contribution in [1.82, 2.24) is 9.80 Å². The number of nitro groups is 1. The van der Waals surface area contributed by atoms with Crippen LogP contribution in [0.25, 0.3) is 6.08 Å². The Bertz CT molecular complexity index is 1060. The zero-order valence-corrected chi connectivity index (χ0v) is 17.1. The third-order valence-corrected chi connectivity index (χ3v) is 5.89. The Morgan fingerprint density at radius 1 is 1.10 bits per heavy atom. The summed E-state index contributed by atoms with van der Waals surface area (Å²) >= 11 is 0.670. The number of piperazine rings is 1. The number of hydrogen-bond donors (Lipinski definition) is 0. The van der Waals surface area contributed by atoms with E-state index in [1.54, 1.807) is 4.90 Å². The van der Waals surface area contributed by atoms with Crippen molar-refractivity contribution in [2.45, 2.75) is 0 Å². The largest absolute Gasteiger partial charge is 0.433 e. The predicted molar refractivity (Wildman–Crippen MR) is 113 cm³/mol. The van der Waals surface area contributed by atoms with E-state index in [0.29, 0.717) is 37.9 Å². The number of anilines is 1. The van der Waals surface area contributed by atoms with Gasteiger partial charge in [-0.25, -0.2) is 0 Å². The molecule has 0 spiro atoms. The van der Waals surface area contributed by atoms with Crippen molar-refractivity contribution in [2.75, 3.05) is 37.6 Å². The van der Waals surface area contributed by atoms with Gasteiger partial charge in [-0.3, -0.25) is 29.4 Å². The van der Waals surface area contributed by atoms with Gasteiger partial charge in [-0.05, 0) is 30.0 Å². The van der Waals surface area contributed by atoms with Crippen LogP contribution in [0.5, 0.6) is 0 Å². The summed E-state index contributed by atoms with van der Waals surface area (Å²) in [5, 5.41) is 10.1. The molecule has 10 nitrogen and oxygen atoms in total. The van der Waals surface area contributed by atoms with Crippen LogP contribution in [0.1, 0.15) is 5.76 Å². The number of thioether (sulfide) groups is 1. The Balaban J connectivity index is 1.36. The Kier molecular flexibility index (Phi) is 5.76. The molecule has 0 atom stereocenters. The number of imide groups is 1. The van der Waals surface area contributed by atoms with Gasteiger partial charge in [-0.1, -0.05) is 18.2 Å². The molecule has 3 amide bonds. The third kappa shape index (κ3) is 4.45. The minimum absolute atomic E-state index is 0.0518. The summed E-state index contributed by atoms with van der Waals surface area (Å²) in [6.45, 7) is 1.97. The maximum absolute atomic E-state index is 12.7. The third-order valence-electron chi connectivity index (χ3n) is 4.99. The van der Waals surface area contributed by atoms with Gasteiger partial charge in [0.1, 0.15) is 17.2 Å². The van der Waals surface area contributed by atoms with Crippen molar-refractivity contribution in [3.05, 3.63) is 63.2 Å². The number of carbonyl (C=O) groups is 3. The van der Waals surface area contributed by atoms with Crippen LogP contribution in [0.2, 0.25) is 0 Å². The van der Waals surface area contributed by atoms with Gasteiger partial charge in [-0.2, -0.15) is 0 Å². The molecule has 3 heterocycles. The van der Waals surface area contributed by atoms with E-state index in [4.69, 9.17) is 4.42 Å². The second-order valence-corrected chi connectivity index (χ2v) is 7.90. The summed E-state index contributed by atoms with van der Waals surface area (Å²) in [6, 6.07) is 12.4. The predicted octanol–water partition coefficient (Wildman–Crippen LogP) is 2.57. The molecule has 2 aromatic rings. The maximum atomic E-state index is 12.7. The molecule has 11 heteroatoms. The first kappa shape index (κ1) is 20.7. The van der Waals surface area contributed by atoms with E-state index >= 15 is 0 Å². The molecule has 0 saturated carbocycles. The zero-order chi connectivity index (χ0) is 22.0. The highest BCUT2D eigenvalue weighted by atomic mass is 32.2. The molecule has 0 unspecified atom stereocenters. The average molecular weight is 442 g/mol. The molecule has 0 aliphatic carbocycles. The first-order valence-electron chi connectivity index (χ1n) is 9.50. The zero-order valence-electron chi connectivity index (χ0n) is 16.3. The van der Waals surface area contributed by atoms with Crippen LogP contribution < -0.4 is 4.90 Å². The fourth-order valence-electron chi connectivity index (χ4n) is 3.37. The molecule has 2 aliphatic heterocycles. The van der Waals surface area contributed by atoms with Crippen LogP contribution in [-0.4, -0.2) is 64.5 Å². The van der Waals surface area contributed by atoms with Gasteiger partial charge in [0.05, 0.1) is 11.0 Å². The van der Waals surface area contributed by atoms with Gasteiger partial charge in [0.25, 0.3) is 11.1 Å². The van der Waals surface area contributed by atoms with Gasteiger partial charge >= 0.3 is 5.88 Å². The fraction of sp³-hybridized carbons (Fsp3) is 0.250. The van der Waals surface area contributed by atoms with Crippen molar-refractivity contribution in [2.24, 2.45) is 0 Å². The summed E-state index contributed by atoms with van der Waals surface area (Å²) in [5.41, 5.74) is 1.09. The lowest BCUT2D eigenvalue weighted by atomic mass is 10.2. The van der Waals surface area contributed by atoms with Crippen molar-refractivity contribution in [3.8, 4) is 0 Å². The number of rotatable bonds is 5. The van der Waals surface area contributed by atoms with Crippen LogP contribution >= 0.6 is 11.8 Å². The molecular weight excluding hydrogens is 424 g/mol. The van der Waals surface area contributed by atoms with E-state index in [1.807, 2.05) is 30.3 Å². The van der Waals surface area contributed by atoms with E-state index in [1.165, 1.54) is 12.1 Å². The van der Waals surface area contributed by atoms with Crippen LogP contribution in [-0.2, 0) is 9.59 Å². The summed E-state index contributed by atoms with van der Waals surface area (Å²) in [7, 11) is 0. The lowest BCUT2D eigenvalue weighted by Gasteiger charge is -2.36. The van der Waals surface area contributed by atoms with Gasteiger partial charge in [0, 0.05) is 37.9 Å². The van der Waals surface area contributed by atoms with Crippen LogP contribution in [0.4, 0.5) is 16.4 Å². The maximum Gasteiger partial charge on any atom is 0.433 e. The number of nitrogens with zero attached hydrogens (tertiary/aromatic N) is 4. The number of benzene rings is 1. The highest BCUT2D eigenvalue weighted by Crippen LogP contribution is 2.33. The van der Waals surface area contributed by atoms with Gasteiger partial charge in [0.2, 0.25) is 5.91 Å². The molecule has 0 N–H and O–H groups in total. The van der Waals surface area contributed by atoms with Crippen LogP contribution in [0.15, 0.2) is 51.8 Å². The minimum Gasteiger partial charge on any atom is -0.401 e. The number of para-hydroxylation sites is 1. The molecule has 2 aliphatic rings. The highest BCUT2D eigenvalue weighted by molar-refractivity contribution is 8.18. The van der Waals surface area contributed by atoms with Crippen molar-refractivity contribution in [1.29, 1.82) is 0 Å². The Morgan fingerprint density at radius 3 is 2.45 bits per heavy atom. The first-order valence-corrected chi connectivity index (χ1v) is 10.3. The second-order valence-electron chi connectivity index (χ2n) is 6.90. The molecule has 1 aromatic heterocycles. The molecule has 0 bridgehead atoms. The van der Waals surface area contributed by atoms with Gasteiger partial charge in [-0.15, -0.1) is 0 Å². The van der Waals surface area contributed by atoms with E-state index in [-0.39, 0.29) is 23.1 Å². The molecular formula is C20H18N4O6S. The standard InChI is InChI=1S/C20H18N4O6S/c25-17(22-10-8-21(9-11-22)14-4-2-1-3-5-14)13-23-19(26)16(31-20(23)27)12-15-6-7-18(30-15)24(28)29/h1-7,12H,8-11,13H2/b16-12+. The number of amides is 3. The van der Waals surface area contributed by atoms with E-state index in [9.17, 15) is 24.5 Å². The Labute approximate surface area is 181 Å². The summed E-state index contributed by atoms with van der Waals surface area (Å²) in [5.74, 6) is -1.30. The number of furan rings is 1. The van der Waals surface area contributed by atoms with Crippen LogP contribution in [0, 0.1) is 10.1 Å². The Morgan fingerprint density at radius 2 is 1.81 bits per heavy atom. The van der Waals surface area contributed by atoms with Crippen molar-refractivity contribution >= 4 is 46.5 Å². The Hall–Kier alpha value is -3.60. The van der Waals surface area contributed by atoms with Crippen molar-refractivity contribution in [3.63, 3.8) is 0 Å². The molecule has 1 aromatic carbocycles. The quantitative estimate of drug-likeness (QED) is 0.394. The molecule has 2 fully saturated rings. The monoisotopic (exact) mass is 442 g/mol. The van der Waals surface area contributed by atoms with E-state index in [2.05, 4.69) is 4.90 Å². The highest BCUT2D eigenvalue weighted by Gasteiger charge is 2.37. The summed E-state index contributed by atoms with van der Waals surface area (Å²) in [4.78, 5) is 52.3. The molecule has 0 radical (unpaired) electrons. The molecule has 160 valence electrons. The average Bonchev–Trinajstić information content (AvgIpc) is 3.35. The van der Waals surface area contributed by atoms with Gasteiger partial charge in [0.15, 0.2) is 0 Å². The molecule has 31 heavy (non-hydrogen) atoms. The summed E-state index contributed by atoms with van der Waals surface area (Å²) < 4.78 is 5.00.